The molecule has 0 aromatic carbocycles. The van der Waals surface area contributed by atoms with E-state index in [0.717, 1.165) is 25.3 Å². The molecule has 0 radical (unpaired) electrons. The second kappa shape index (κ2) is 4.28. The van der Waals surface area contributed by atoms with Crippen molar-refractivity contribution in [2.24, 2.45) is 11.7 Å². The molecule has 5 heteroatoms. The average molecular weight is 210 g/mol. The molecule has 84 valence electrons. The van der Waals surface area contributed by atoms with Crippen molar-refractivity contribution in [1.29, 1.82) is 0 Å². The lowest BCUT2D eigenvalue weighted by Crippen LogP contribution is -2.17. The van der Waals surface area contributed by atoms with Gasteiger partial charge in [-0.05, 0) is 18.9 Å². The molecule has 0 bridgehead atoms. The molecule has 1 fully saturated rings. The normalized spacial score (nSPS) is 23.6. The van der Waals surface area contributed by atoms with Gasteiger partial charge < -0.3 is 15.6 Å². The lowest BCUT2D eigenvalue weighted by atomic mass is 10.1. The van der Waals surface area contributed by atoms with Crippen molar-refractivity contribution in [2.45, 2.75) is 32.2 Å². The fraction of sp³-hybridized carbons (Fsp3) is 0.800. The standard InChI is InChI=1S/C10H18N4O/c1-6(2)8(11)10-13-9(14-15-10)7-3-4-12-5-7/h6-8,12H,3-5,11H2,1-2H3/t7?,8-/m0/s1. The van der Waals surface area contributed by atoms with Crippen LogP contribution in [0.2, 0.25) is 0 Å². The minimum absolute atomic E-state index is 0.152. The molecule has 1 saturated heterocycles. The molecule has 1 aliphatic rings. The number of hydrogen-bond acceptors (Lipinski definition) is 5. The van der Waals surface area contributed by atoms with E-state index in [2.05, 4.69) is 15.5 Å². The Kier molecular flexibility index (Phi) is 3.02. The maximum Gasteiger partial charge on any atom is 0.243 e. The molecule has 0 amide bonds. The van der Waals surface area contributed by atoms with Gasteiger partial charge in [-0.1, -0.05) is 19.0 Å². The first kappa shape index (κ1) is 10.6. The number of nitrogens with zero attached hydrogens (tertiary/aromatic N) is 2. The topological polar surface area (TPSA) is 77.0 Å². The summed E-state index contributed by atoms with van der Waals surface area (Å²) in [6.07, 6.45) is 1.08. The zero-order chi connectivity index (χ0) is 10.8. The lowest BCUT2D eigenvalue weighted by molar-refractivity contribution is 0.321. The smallest absolute Gasteiger partial charge is 0.243 e. The van der Waals surface area contributed by atoms with Crippen molar-refractivity contribution in [2.75, 3.05) is 13.1 Å². The summed E-state index contributed by atoms with van der Waals surface area (Å²) in [5.74, 6) is 2.07. The van der Waals surface area contributed by atoms with E-state index in [4.69, 9.17) is 10.3 Å². The first-order chi connectivity index (χ1) is 7.18. The van der Waals surface area contributed by atoms with Gasteiger partial charge in [-0.2, -0.15) is 4.98 Å². The predicted molar refractivity (Wildman–Crippen MR) is 56.3 cm³/mol. The van der Waals surface area contributed by atoms with Crippen molar-refractivity contribution in [1.82, 2.24) is 15.5 Å². The minimum atomic E-state index is -0.152. The second-order valence-electron chi connectivity index (χ2n) is 4.45. The molecule has 15 heavy (non-hydrogen) atoms. The first-order valence-corrected chi connectivity index (χ1v) is 5.48. The van der Waals surface area contributed by atoms with Crippen LogP contribution < -0.4 is 11.1 Å². The lowest BCUT2D eigenvalue weighted by Gasteiger charge is -2.09. The molecule has 0 saturated carbocycles. The second-order valence-corrected chi connectivity index (χ2v) is 4.45. The highest BCUT2D eigenvalue weighted by atomic mass is 16.5. The average Bonchev–Trinajstić information content (AvgIpc) is 2.86. The summed E-state index contributed by atoms with van der Waals surface area (Å²) in [6, 6.07) is -0.152. The summed E-state index contributed by atoms with van der Waals surface area (Å²) >= 11 is 0. The van der Waals surface area contributed by atoms with Crippen molar-refractivity contribution < 1.29 is 4.52 Å². The number of nitrogens with two attached hydrogens (primary N) is 1. The van der Waals surface area contributed by atoms with Crippen LogP contribution in [0.5, 0.6) is 0 Å². The molecule has 1 aromatic rings. The van der Waals surface area contributed by atoms with Gasteiger partial charge in [0.05, 0.1) is 6.04 Å². The van der Waals surface area contributed by atoms with Gasteiger partial charge in [0.1, 0.15) is 0 Å². The predicted octanol–water partition coefficient (Wildman–Crippen LogP) is 0.802. The highest BCUT2D eigenvalue weighted by Gasteiger charge is 2.24. The summed E-state index contributed by atoms with van der Waals surface area (Å²) in [4.78, 5) is 4.37. The monoisotopic (exact) mass is 210 g/mol. The third-order valence-corrected chi connectivity index (χ3v) is 2.89. The maximum absolute atomic E-state index is 5.94. The third kappa shape index (κ3) is 2.18. The van der Waals surface area contributed by atoms with Gasteiger partial charge >= 0.3 is 0 Å². The van der Waals surface area contributed by atoms with E-state index in [1.807, 2.05) is 13.8 Å². The summed E-state index contributed by atoms with van der Waals surface area (Å²) in [6.45, 7) is 6.07. The van der Waals surface area contributed by atoms with Gasteiger partial charge in [-0.3, -0.25) is 0 Å². The van der Waals surface area contributed by atoms with E-state index in [1.165, 1.54) is 0 Å². The highest BCUT2D eigenvalue weighted by molar-refractivity contribution is 5.01. The molecule has 2 heterocycles. The van der Waals surface area contributed by atoms with Crippen LogP contribution in [-0.2, 0) is 0 Å². The maximum atomic E-state index is 5.94. The van der Waals surface area contributed by atoms with Crippen LogP contribution in [-0.4, -0.2) is 23.2 Å². The summed E-state index contributed by atoms with van der Waals surface area (Å²) in [5.41, 5.74) is 5.94. The Hall–Kier alpha value is -0.940. The van der Waals surface area contributed by atoms with Gasteiger partial charge in [-0.25, -0.2) is 0 Å². The SMILES string of the molecule is CC(C)[C@H](N)c1nc(C2CCNC2)no1. The molecule has 0 spiro atoms. The fourth-order valence-electron chi connectivity index (χ4n) is 1.71. The molecule has 1 aromatic heterocycles. The fourth-order valence-corrected chi connectivity index (χ4v) is 1.71. The molecular weight excluding hydrogens is 192 g/mol. The van der Waals surface area contributed by atoms with Gasteiger partial charge in [0.2, 0.25) is 5.89 Å². The van der Waals surface area contributed by atoms with E-state index in [1.54, 1.807) is 0 Å². The van der Waals surface area contributed by atoms with E-state index in [0.29, 0.717) is 17.7 Å². The molecular formula is C10H18N4O. The third-order valence-electron chi connectivity index (χ3n) is 2.89. The highest BCUT2D eigenvalue weighted by Crippen LogP contribution is 2.22. The summed E-state index contributed by atoms with van der Waals surface area (Å²) < 4.78 is 5.19. The zero-order valence-electron chi connectivity index (χ0n) is 9.23. The van der Waals surface area contributed by atoms with Crippen molar-refractivity contribution >= 4 is 0 Å². The van der Waals surface area contributed by atoms with Crippen LogP contribution in [0.1, 0.15) is 43.9 Å². The molecule has 2 rings (SSSR count). The van der Waals surface area contributed by atoms with E-state index in [-0.39, 0.29) is 6.04 Å². The minimum Gasteiger partial charge on any atom is -0.338 e. The van der Waals surface area contributed by atoms with Crippen LogP contribution in [0.3, 0.4) is 0 Å². The van der Waals surface area contributed by atoms with E-state index in [9.17, 15) is 0 Å². The number of hydrogen-bond donors (Lipinski definition) is 2. The molecule has 0 aliphatic carbocycles. The Balaban J connectivity index is 2.09. The van der Waals surface area contributed by atoms with Crippen LogP contribution in [0.25, 0.3) is 0 Å². The Morgan fingerprint density at radius 3 is 2.93 bits per heavy atom. The zero-order valence-corrected chi connectivity index (χ0v) is 9.23. The van der Waals surface area contributed by atoms with E-state index >= 15 is 0 Å². The van der Waals surface area contributed by atoms with Crippen LogP contribution >= 0.6 is 0 Å². The number of nitrogens with one attached hydrogen (secondary N) is 1. The van der Waals surface area contributed by atoms with E-state index < -0.39 is 0 Å². The Morgan fingerprint density at radius 1 is 1.53 bits per heavy atom. The van der Waals surface area contributed by atoms with Gasteiger partial charge in [-0.15, -0.1) is 0 Å². The molecule has 2 atom stereocenters. The van der Waals surface area contributed by atoms with Crippen LogP contribution in [0.4, 0.5) is 0 Å². The summed E-state index contributed by atoms with van der Waals surface area (Å²) in [7, 11) is 0. The molecule has 3 N–H and O–H groups in total. The molecule has 5 nitrogen and oxygen atoms in total. The first-order valence-electron chi connectivity index (χ1n) is 5.48. The Morgan fingerprint density at radius 2 is 2.33 bits per heavy atom. The van der Waals surface area contributed by atoms with Gasteiger partial charge in [0, 0.05) is 12.5 Å². The van der Waals surface area contributed by atoms with Crippen LogP contribution in [0.15, 0.2) is 4.52 Å². The van der Waals surface area contributed by atoms with Crippen molar-refractivity contribution in [3.05, 3.63) is 11.7 Å². The largest absolute Gasteiger partial charge is 0.338 e. The van der Waals surface area contributed by atoms with Crippen molar-refractivity contribution in [3.8, 4) is 0 Å². The quantitative estimate of drug-likeness (QED) is 0.771. The van der Waals surface area contributed by atoms with Crippen LogP contribution in [0, 0.1) is 5.92 Å². The van der Waals surface area contributed by atoms with Gasteiger partial charge in [0.25, 0.3) is 0 Å². The van der Waals surface area contributed by atoms with Crippen molar-refractivity contribution in [3.63, 3.8) is 0 Å². The number of rotatable bonds is 3. The molecule has 1 aliphatic heterocycles. The Labute approximate surface area is 89.4 Å². The van der Waals surface area contributed by atoms with Gasteiger partial charge in [0.15, 0.2) is 5.82 Å². The molecule has 1 unspecified atom stereocenters. The number of aromatic nitrogens is 2. The Bertz CT molecular complexity index is 300. The summed E-state index contributed by atoms with van der Waals surface area (Å²) in [5, 5.41) is 7.27.